The molecule has 0 saturated carbocycles. The summed E-state index contributed by atoms with van der Waals surface area (Å²) in [5.74, 6) is 0.246. The first-order valence-electron chi connectivity index (χ1n) is 6.30. The average Bonchev–Trinajstić information content (AvgIpc) is 2.13. The molecule has 1 aromatic rings. The van der Waals surface area contributed by atoms with Crippen LogP contribution in [0.15, 0.2) is 12.1 Å². The molecule has 1 aromatic carbocycles. The van der Waals surface area contributed by atoms with E-state index in [1.165, 1.54) is 5.56 Å². The largest absolute Gasteiger partial charge is 0.323 e. The number of aryl methyl sites for hydroxylation is 3. The van der Waals surface area contributed by atoms with Crippen molar-refractivity contribution >= 4 is 9.84 Å². The van der Waals surface area contributed by atoms with Gasteiger partial charge in [0.15, 0.2) is 9.84 Å². The van der Waals surface area contributed by atoms with Gasteiger partial charge in [-0.1, -0.05) is 24.6 Å². The highest BCUT2D eigenvalue weighted by Gasteiger charge is 2.19. The van der Waals surface area contributed by atoms with E-state index in [1.807, 2.05) is 27.7 Å². The molecule has 4 heteroatoms. The summed E-state index contributed by atoms with van der Waals surface area (Å²) in [7, 11) is -3.05. The van der Waals surface area contributed by atoms with Crippen LogP contribution in [0.1, 0.15) is 41.6 Å². The van der Waals surface area contributed by atoms with E-state index in [0.29, 0.717) is 6.42 Å². The Hall–Kier alpha value is -0.870. The number of sulfone groups is 1. The Balaban J connectivity index is 3.02. The molecule has 0 aliphatic heterocycles. The SMILES string of the molecule is CCCS(=O)(=O)CC(N)c1c(C)cc(C)cc1C. The predicted octanol–water partition coefficient (Wildman–Crippen LogP) is 2.44. The minimum absolute atomic E-state index is 0.0333. The summed E-state index contributed by atoms with van der Waals surface area (Å²) in [6.07, 6.45) is 0.640. The van der Waals surface area contributed by atoms with Gasteiger partial charge < -0.3 is 5.73 Å². The van der Waals surface area contributed by atoms with E-state index in [9.17, 15) is 8.42 Å². The third-order valence-electron chi connectivity index (χ3n) is 3.06. The van der Waals surface area contributed by atoms with Crippen LogP contribution in [-0.2, 0) is 9.84 Å². The maximum atomic E-state index is 11.8. The molecular formula is C14H23NO2S. The summed E-state index contributed by atoms with van der Waals surface area (Å²) < 4.78 is 23.6. The van der Waals surface area contributed by atoms with Crippen molar-refractivity contribution in [2.24, 2.45) is 5.73 Å². The van der Waals surface area contributed by atoms with Crippen LogP contribution >= 0.6 is 0 Å². The molecular weight excluding hydrogens is 246 g/mol. The fourth-order valence-corrected chi connectivity index (χ4v) is 4.03. The quantitative estimate of drug-likeness (QED) is 0.893. The zero-order chi connectivity index (χ0) is 13.9. The highest BCUT2D eigenvalue weighted by atomic mass is 32.2. The van der Waals surface area contributed by atoms with Crippen molar-refractivity contribution in [3.05, 3.63) is 34.4 Å². The zero-order valence-electron chi connectivity index (χ0n) is 11.7. The van der Waals surface area contributed by atoms with E-state index >= 15 is 0 Å². The molecule has 1 atom stereocenters. The fourth-order valence-electron chi connectivity index (χ4n) is 2.53. The Morgan fingerprint density at radius 1 is 1.17 bits per heavy atom. The summed E-state index contributed by atoms with van der Waals surface area (Å²) in [6, 6.07) is 3.67. The Morgan fingerprint density at radius 3 is 2.11 bits per heavy atom. The van der Waals surface area contributed by atoms with E-state index in [0.717, 1.165) is 16.7 Å². The number of benzene rings is 1. The van der Waals surface area contributed by atoms with Crippen molar-refractivity contribution in [2.75, 3.05) is 11.5 Å². The van der Waals surface area contributed by atoms with Crippen molar-refractivity contribution in [3.63, 3.8) is 0 Å². The number of hydrogen-bond acceptors (Lipinski definition) is 3. The zero-order valence-corrected chi connectivity index (χ0v) is 12.5. The predicted molar refractivity (Wildman–Crippen MR) is 76.5 cm³/mol. The lowest BCUT2D eigenvalue weighted by molar-refractivity contribution is 0.587. The van der Waals surface area contributed by atoms with Crippen molar-refractivity contribution in [1.29, 1.82) is 0 Å². The van der Waals surface area contributed by atoms with Gasteiger partial charge in [0.05, 0.1) is 5.75 Å². The molecule has 0 heterocycles. The minimum Gasteiger partial charge on any atom is -0.323 e. The number of nitrogens with two attached hydrogens (primary N) is 1. The van der Waals surface area contributed by atoms with E-state index in [1.54, 1.807) is 0 Å². The Labute approximate surface area is 110 Å². The molecule has 102 valence electrons. The van der Waals surface area contributed by atoms with Crippen LogP contribution in [-0.4, -0.2) is 19.9 Å². The van der Waals surface area contributed by atoms with Crippen molar-refractivity contribution < 1.29 is 8.42 Å². The van der Waals surface area contributed by atoms with Gasteiger partial charge in [0.25, 0.3) is 0 Å². The molecule has 1 unspecified atom stereocenters. The Kier molecular flexibility index (Phi) is 4.93. The van der Waals surface area contributed by atoms with E-state index in [4.69, 9.17) is 5.73 Å². The molecule has 3 nitrogen and oxygen atoms in total. The summed E-state index contributed by atoms with van der Waals surface area (Å²) in [5, 5.41) is 0. The third-order valence-corrected chi connectivity index (χ3v) is 4.95. The monoisotopic (exact) mass is 269 g/mol. The van der Waals surface area contributed by atoms with Crippen molar-refractivity contribution in [1.82, 2.24) is 0 Å². The summed E-state index contributed by atoms with van der Waals surface area (Å²) >= 11 is 0. The molecule has 0 fully saturated rings. The van der Waals surface area contributed by atoms with Gasteiger partial charge in [-0.15, -0.1) is 0 Å². The van der Waals surface area contributed by atoms with Crippen LogP contribution in [0.2, 0.25) is 0 Å². The maximum absolute atomic E-state index is 11.8. The van der Waals surface area contributed by atoms with Gasteiger partial charge in [0.2, 0.25) is 0 Å². The lowest BCUT2D eigenvalue weighted by Gasteiger charge is -2.18. The molecule has 0 spiro atoms. The molecule has 0 saturated heterocycles. The lowest BCUT2D eigenvalue weighted by atomic mass is 9.95. The molecule has 0 radical (unpaired) electrons. The van der Waals surface area contributed by atoms with E-state index in [-0.39, 0.29) is 11.5 Å². The summed E-state index contributed by atoms with van der Waals surface area (Å²) in [4.78, 5) is 0. The Morgan fingerprint density at radius 2 is 1.67 bits per heavy atom. The van der Waals surface area contributed by atoms with Crippen LogP contribution in [0.5, 0.6) is 0 Å². The van der Waals surface area contributed by atoms with E-state index < -0.39 is 15.9 Å². The average molecular weight is 269 g/mol. The first-order chi connectivity index (χ1) is 8.26. The normalized spacial score (nSPS) is 13.6. The van der Waals surface area contributed by atoms with Gasteiger partial charge in [-0.2, -0.15) is 0 Å². The Bertz CT molecular complexity index is 498. The number of hydrogen-bond donors (Lipinski definition) is 1. The second-order valence-electron chi connectivity index (χ2n) is 5.03. The smallest absolute Gasteiger partial charge is 0.152 e. The van der Waals surface area contributed by atoms with Gasteiger partial charge in [-0.05, 0) is 43.9 Å². The van der Waals surface area contributed by atoms with Crippen molar-refractivity contribution in [2.45, 2.75) is 40.2 Å². The van der Waals surface area contributed by atoms with Crippen LogP contribution in [0.25, 0.3) is 0 Å². The van der Waals surface area contributed by atoms with Crippen LogP contribution in [0, 0.1) is 20.8 Å². The van der Waals surface area contributed by atoms with Gasteiger partial charge in [-0.3, -0.25) is 0 Å². The van der Waals surface area contributed by atoms with Crippen LogP contribution in [0.3, 0.4) is 0 Å². The first kappa shape index (κ1) is 15.2. The second kappa shape index (κ2) is 5.85. The van der Waals surface area contributed by atoms with Crippen LogP contribution < -0.4 is 5.73 Å². The molecule has 0 amide bonds. The summed E-state index contributed by atoms with van der Waals surface area (Å²) in [5.41, 5.74) is 10.4. The molecule has 0 aliphatic rings. The van der Waals surface area contributed by atoms with Gasteiger partial charge in [0, 0.05) is 11.8 Å². The third kappa shape index (κ3) is 3.82. The lowest BCUT2D eigenvalue weighted by Crippen LogP contribution is -2.25. The first-order valence-corrected chi connectivity index (χ1v) is 8.12. The molecule has 0 aromatic heterocycles. The van der Waals surface area contributed by atoms with Crippen molar-refractivity contribution in [3.8, 4) is 0 Å². The minimum atomic E-state index is -3.05. The summed E-state index contributed by atoms with van der Waals surface area (Å²) in [6.45, 7) is 7.87. The number of rotatable bonds is 5. The van der Waals surface area contributed by atoms with E-state index in [2.05, 4.69) is 12.1 Å². The molecule has 2 N–H and O–H groups in total. The topological polar surface area (TPSA) is 60.2 Å². The second-order valence-corrected chi connectivity index (χ2v) is 7.26. The van der Waals surface area contributed by atoms with Gasteiger partial charge in [0.1, 0.15) is 0 Å². The van der Waals surface area contributed by atoms with Gasteiger partial charge >= 0.3 is 0 Å². The van der Waals surface area contributed by atoms with Crippen LogP contribution in [0.4, 0.5) is 0 Å². The highest BCUT2D eigenvalue weighted by Crippen LogP contribution is 2.23. The molecule has 1 rings (SSSR count). The van der Waals surface area contributed by atoms with Gasteiger partial charge in [-0.25, -0.2) is 8.42 Å². The maximum Gasteiger partial charge on any atom is 0.152 e. The molecule has 0 bridgehead atoms. The standard InChI is InChI=1S/C14H23NO2S/c1-5-6-18(16,17)9-13(15)14-11(3)7-10(2)8-12(14)4/h7-8,13H,5-6,9,15H2,1-4H3. The fraction of sp³-hybridized carbons (Fsp3) is 0.571. The highest BCUT2D eigenvalue weighted by molar-refractivity contribution is 7.91. The molecule has 0 aliphatic carbocycles. The molecule has 18 heavy (non-hydrogen) atoms.